The van der Waals surface area contributed by atoms with E-state index in [9.17, 15) is 4.79 Å². The van der Waals surface area contributed by atoms with Gasteiger partial charge in [0.05, 0.1) is 0 Å². The molecule has 1 unspecified atom stereocenters. The van der Waals surface area contributed by atoms with Gasteiger partial charge in [-0.3, -0.25) is 4.79 Å². The lowest BCUT2D eigenvalue weighted by atomic mass is 10.0. The van der Waals surface area contributed by atoms with E-state index in [0.717, 1.165) is 11.4 Å². The number of aromatic nitrogens is 2. The number of halogens is 2. The van der Waals surface area contributed by atoms with Crippen LogP contribution < -0.4 is 11.1 Å². The highest BCUT2D eigenvalue weighted by Gasteiger charge is 2.10. The molecule has 0 fully saturated rings. The van der Waals surface area contributed by atoms with Crippen molar-refractivity contribution >= 4 is 30.7 Å². The normalized spacial score (nSPS) is 10.9. The number of amides is 1. The molecule has 1 amide bonds. The second kappa shape index (κ2) is 10.2. The van der Waals surface area contributed by atoms with Gasteiger partial charge in [0.15, 0.2) is 0 Å². The molecule has 1 aromatic carbocycles. The minimum Gasteiger partial charge on any atom is -0.356 e. The fourth-order valence-electron chi connectivity index (χ4n) is 1.84. The fraction of sp³-hybridized carbons (Fsp3) is 0.286. The van der Waals surface area contributed by atoms with Gasteiger partial charge < -0.3 is 16.0 Å². The first-order chi connectivity index (χ1) is 9.25. The Morgan fingerprint density at radius 3 is 2.62 bits per heavy atom. The molecule has 0 saturated heterocycles. The Kier molecular flexibility index (Phi) is 9.45. The van der Waals surface area contributed by atoms with Gasteiger partial charge in [0.2, 0.25) is 5.91 Å². The van der Waals surface area contributed by atoms with Gasteiger partial charge >= 0.3 is 0 Å². The van der Waals surface area contributed by atoms with Crippen molar-refractivity contribution in [1.29, 1.82) is 0 Å². The molecule has 2 aromatic rings. The Morgan fingerprint density at radius 2 is 2.00 bits per heavy atom. The summed E-state index contributed by atoms with van der Waals surface area (Å²) in [6, 6.07) is 9.37. The maximum absolute atomic E-state index is 11.7. The van der Waals surface area contributed by atoms with Crippen LogP contribution in [0.5, 0.6) is 0 Å². The van der Waals surface area contributed by atoms with Gasteiger partial charge in [-0.05, 0) is 5.56 Å². The summed E-state index contributed by atoms with van der Waals surface area (Å²) in [4.78, 5) is 18.8. The Balaban J connectivity index is 0.00000200. The van der Waals surface area contributed by atoms with E-state index in [-0.39, 0.29) is 36.8 Å². The molecule has 0 bridgehead atoms. The van der Waals surface area contributed by atoms with Gasteiger partial charge in [-0.2, -0.15) is 0 Å². The van der Waals surface area contributed by atoms with Crippen molar-refractivity contribution in [3.05, 3.63) is 54.1 Å². The standard InChI is InChI=1S/C14H18N4O.2ClH/c15-12(11-4-2-1-3-5-11)10-14(19)18-7-6-13-16-8-9-17-13;;/h1-5,8-9,12H,6-7,10,15H2,(H,16,17)(H,18,19);2*1H. The molecule has 0 radical (unpaired) electrons. The van der Waals surface area contributed by atoms with Gasteiger partial charge in [0.1, 0.15) is 5.82 Å². The Morgan fingerprint density at radius 1 is 1.29 bits per heavy atom. The quantitative estimate of drug-likeness (QED) is 0.757. The van der Waals surface area contributed by atoms with E-state index in [2.05, 4.69) is 15.3 Å². The molecule has 7 heteroatoms. The van der Waals surface area contributed by atoms with Gasteiger partial charge in [-0.1, -0.05) is 30.3 Å². The largest absolute Gasteiger partial charge is 0.356 e. The van der Waals surface area contributed by atoms with E-state index < -0.39 is 0 Å². The smallest absolute Gasteiger partial charge is 0.221 e. The highest BCUT2D eigenvalue weighted by atomic mass is 35.5. The molecular weight excluding hydrogens is 311 g/mol. The van der Waals surface area contributed by atoms with E-state index >= 15 is 0 Å². The zero-order chi connectivity index (χ0) is 13.5. The molecule has 5 nitrogen and oxygen atoms in total. The van der Waals surface area contributed by atoms with Crippen LogP contribution in [0.25, 0.3) is 0 Å². The van der Waals surface area contributed by atoms with Crippen LogP contribution in [0, 0.1) is 0 Å². The van der Waals surface area contributed by atoms with Gasteiger partial charge in [-0.15, -0.1) is 24.8 Å². The van der Waals surface area contributed by atoms with Crippen LogP contribution in [-0.2, 0) is 11.2 Å². The SMILES string of the molecule is Cl.Cl.NC(CC(=O)NCCc1ncc[nH]1)c1ccccc1. The third-order valence-electron chi connectivity index (χ3n) is 2.87. The summed E-state index contributed by atoms with van der Waals surface area (Å²) >= 11 is 0. The molecule has 0 aliphatic rings. The predicted molar refractivity (Wildman–Crippen MR) is 87.8 cm³/mol. The van der Waals surface area contributed by atoms with E-state index in [1.807, 2.05) is 30.3 Å². The minimum absolute atomic E-state index is 0. The third kappa shape index (κ3) is 6.62. The zero-order valence-electron chi connectivity index (χ0n) is 11.5. The molecule has 21 heavy (non-hydrogen) atoms. The number of carbonyl (C=O) groups is 1. The molecule has 1 atom stereocenters. The highest BCUT2D eigenvalue weighted by Crippen LogP contribution is 2.12. The van der Waals surface area contributed by atoms with E-state index in [0.29, 0.717) is 19.4 Å². The van der Waals surface area contributed by atoms with Crippen LogP contribution in [0.2, 0.25) is 0 Å². The number of imidazole rings is 1. The first-order valence-corrected chi connectivity index (χ1v) is 6.31. The van der Waals surface area contributed by atoms with E-state index in [1.165, 1.54) is 0 Å². The third-order valence-corrected chi connectivity index (χ3v) is 2.87. The lowest BCUT2D eigenvalue weighted by Crippen LogP contribution is -2.29. The van der Waals surface area contributed by atoms with Crippen molar-refractivity contribution in [3.63, 3.8) is 0 Å². The van der Waals surface area contributed by atoms with Crippen LogP contribution in [0.15, 0.2) is 42.7 Å². The molecule has 0 spiro atoms. The zero-order valence-corrected chi connectivity index (χ0v) is 13.1. The number of hydrogen-bond acceptors (Lipinski definition) is 3. The van der Waals surface area contributed by atoms with Crippen molar-refractivity contribution in [2.45, 2.75) is 18.9 Å². The summed E-state index contributed by atoms with van der Waals surface area (Å²) in [5.41, 5.74) is 6.96. The molecule has 4 N–H and O–H groups in total. The Hall–Kier alpha value is -1.56. The van der Waals surface area contributed by atoms with Crippen molar-refractivity contribution in [2.75, 3.05) is 6.54 Å². The second-order valence-electron chi connectivity index (χ2n) is 4.36. The van der Waals surface area contributed by atoms with Crippen LogP contribution in [0.1, 0.15) is 23.9 Å². The summed E-state index contributed by atoms with van der Waals surface area (Å²) in [6.45, 7) is 0.563. The second-order valence-corrected chi connectivity index (χ2v) is 4.36. The molecule has 0 aliphatic carbocycles. The fourth-order valence-corrected chi connectivity index (χ4v) is 1.84. The molecule has 1 heterocycles. The summed E-state index contributed by atoms with van der Waals surface area (Å²) < 4.78 is 0. The summed E-state index contributed by atoms with van der Waals surface area (Å²) in [5, 5.41) is 2.84. The lowest BCUT2D eigenvalue weighted by molar-refractivity contribution is -0.121. The number of nitrogens with two attached hydrogens (primary N) is 1. The predicted octanol–water partition coefficient (Wildman–Crippen LogP) is 2.00. The number of nitrogens with zero attached hydrogens (tertiary/aromatic N) is 1. The highest BCUT2D eigenvalue weighted by molar-refractivity contribution is 5.85. The summed E-state index contributed by atoms with van der Waals surface area (Å²) in [5.74, 6) is 0.829. The molecule has 116 valence electrons. The summed E-state index contributed by atoms with van der Waals surface area (Å²) in [7, 11) is 0. The van der Waals surface area contributed by atoms with Crippen molar-refractivity contribution in [1.82, 2.24) is 15.3 Å². The number of carbonyl (C=O) groups excluding carboxylic acids is 1. The van der Waals surface area contributed by atoms with Crippen LogP contribution in [0.3, 0.4) is 0 Å². The van der Waals surface area contributed by atoms with Crippen LogP contribution in [0.4, 0.5) is 0 Å². The van der Waals surface area contributed by atoms with Crippen LogP contribution in [-0.4, -0.2) is 22.4 Å². The van der Waals surface area contributed by atoms with Crippen molar-refractivity contribution < 1.29 is 4.79 Å². The van der Waals surface area contributed by atoms with Gasteiger partial charge in [0.25, 0.3) is 0 Å². The minimum atomic E-state index is -0.259. The molecule has 0 aliphatic heterocycles. The summed E-state index contributed by atoms with van der Waals surface area (Å²) in [6.07, 6.45) is 4.45. The van der Waals surface area contributed by atoms with E-state index in [1.54, 1.807) is 12.4 Å². The topological polar surface area (TPSA) is 83.8 Å². The lowest BCUT2D eigenvalue weighted by Gasteiger charge is -2.11. The first kappa shape index (κ1) is 19.4. The van der Waals surface area contributed by atoms with Crippen LogP contribution >= 0.6 is 24.8 Å². The molecule has 1 aromatic heterocycles. The van der Waals surface area contributed by atoms with Gasteiger partial charge in [0, 0.05) is 37.8 Å². The van der Waals surface area contributed by atoms with Crippen molar-refractivity contribution in [3.8, 4) is 0 Å². The average molecular weight is 331 g/mol. The number of nitrogens with one attached hydrogen (secondary N) is 2. The molecule has 0 saturated carbocycles. The molecule has 2 rings (SSSR count). The van der Waals surface area contributed by atoms with E-state index in [4.69, 9.17) is 5.73 Å². The first-order valence-electron chi connectivity index (χ1n) is 6.31. The maximum atomic E-state index is 11.7. The molecular formula is C14H20Cl2N4O. The number of rotatable bonds is 6. The Labute approximate surface area is 136 Å². The number of hydrogen-bond donors (Lipinski definition) is 3. The average Bonchev–Trinajstić information content (AvgIpc) is 2.93. The maximum Gasteiger partial charge on any atom is 0.221 e. The van der Waals surface area contributed by atoms with Crippen molar-refractivity contribution in [2.24, 2.45) is 5.73 Å². The number of aromatic amines is 1. The monoisotopic (exact) mass is 330 g/mol. The Bertz CT molecular complexity index is 505. The number of H-pyrrole nitrogens is 1. The van der Waals surface area contributed by atoms with Gasteiger partial charge in [-0.25, -0.2) is 4.98 Å². The number of benzene rings is 1.